The minimum atomic E-state index is -0.566. The molecule has 0 aliphatic heterocycles. The summed E-state index contributed by atoms with van der Waals surface area (Å²) in [6, 6.07) is 67.6. The Morgan fingerprint density at radius 2 is 0.342 bits per heavy atom. The molecule has 0 spiro atoms. The molecule has 0 saturated heterocycles. The minimum Gasteiger partial charge on any atom is -0.309 e. The van der Waals surface area contributed by atoms with Crippen molar-refractivity contribution >= 4 is 757 Å². The van der Waals surface area contributed by atoms with Gasteiger partial charge in [-0.2, -0.15) is 0 Å². The summed E-state index contributed by atoms with van der Waals surface area (Å²) in [4.78, 5) is 2.59. The van der Waals surface area contributed by atoms with Crippen molar-refractivity contribution in [1.82, 2.24) is 4.57 Å². The second-order valence-electron chi connectivity index (χ2n) is 30.9. The second-order valence-corrected chi connectivity index (χ2v) is 405. The van der Waals surface area contributed by atoms with Gasteiger partial charge < -0.3 is 9.47 Å². The van der Waals surface area contributed by atoms with Crippen LogP contribution in [0.15, 0.2) is 182 Å². The number of nitrogens with zero attached hydrogens (tertiary/aromatic N) is 2. The van der Waals surface area contributed by atoms with Crippen LogP contribution in [-0.2, 0) is 10.8 Å². The largest absolute Gasteiger partial charge is 0.309 e. The average molecular weight is 3600 g/mol. The molecule has 48 unspecified atom stereocenters. The van der Waals surface area contributed by atoms with Crippen LogP contribution in [0.25, 0.3) is 60.9 Å². The van der Waals surface area contributed by atoms with E-state index in [1.807, 2.05) is 0 Å². The van der Waals surface area contributed by atoms with E-state index in [4.69, 9.17) is 0 Å². The zero-order valence-corrected chi connectivity index (χ0v) is 171. The molecule has 1 aromatic heterocycles. The summed E-state index contributed by atoms with van der Waals surface area (Å²) >= 11 is 0. The van der Waals surface area contributed by atoms with Crippen LogP contribution < -0.4 is 4.90 Å². The van der Waals surface area contributed by atoms with Gasteiger partial charge in [0.25, 0.3) is 0 Å². The van der Waals surface area contributed by atoms with E-state index in [9.17, 15) is 0 Å². The van der Waals surface area contributed by atoms with Crippen LogP contribution in [0.4, 0.5) is 17.1 Å². The molecule has 8 aromatic carbocycles. The lowest BCUT2D eigenvalue weighted by Crippen LogP contribution is -2.17. The number of hydrogen-bond acceptors (Lipinski definition) is 1. The molecule has 810 valence electrons. The van der Waals surface area contributed by atoms with E-state index >= 15 is 0 Å². The Kier molecular flexibility index (Phi) is 84.7. The first-order chi connectivity index (χ1) is 68.2. The molecule has 146 heavy (non-hydrogen) atoms. The Hall–Kier alpha value is 32.1. The van der Waals surface area contributed by atoms with Gasteiger partial charge in [-0.05, 0) is 377 Å². The molecule has 11 rings (SSSR count). The number of fused-ring (bicyclic) bond motifs is 9. The maximum Gasteiger partial charge on any atom is 0.0543 e. The highest BCUT2D eigenvalue weighted by atomic mass is 33.6. The highest BCUT2D eigenvalue weighted by molar-refractivity contribution is 9.59. The van der Waals surface area contributed by atoms with Gasteiger partial charge in [-0.15, -0.1) is 411 Å². The monoisotopic (exact) mass is 3600 g/mol. The minimum absolute atomic E-state index is 0.135. The highest BCUT2D eigenvalue weighted by Gasteiger charge is 2.67. The van der Waals surface area contributed by atoms with Gasteiger partial charge in [0.2, 0.25) is 0 Å². The van der Waals surface area contributed by atoms with E-state index in [1.165, 1.54) is 88.8 Å². The molecule has 2 aliphatic rings. The fourth-order valence-electron chi connectivity index (χ4n) is 15.7. The molecule has 0 radical (unpaired) electrons. The summed E-state index contributed by atoms with van der Waals surface area (Å²) in [6.45, 7) is -8.28. The molecule has 92 heteroatoms. The third-order valence-electron chi connectivity index (χ3n) is 20.8. The summed E-state index contributed by atoms with van der Waals surface area (Å²) in [5.74, 6) is 0. The molecule has 0 fully saturated rings. The Balaban J connectivity index is 0.000000327. The molecule has 0 bridgehead atoms. The van der Waals surface area contributed by atoms with Gasteiger partial charge in [0.05, 0.1) is 33.8 Å². The van der Waals surface area contributed by atoms with Crippen LogP contribution in [0, 0.1) is 0 Å². The first kappa shape index (κ1) is 160. The first-order valence-corrected chi connectivity index (χ1v) is 204. The smallest absolute Gasteiger partial charge is 0.0543 e. The molecule has 9 aromatic rings. The van der Waals surface area contributed by atoms with Crippen molar-refractivity contribution in [1.29, 1.82) is 0 Å². The van der Waals surface area contributed by atoms with Crippen molar-refractivity contribution in [3.05, 3.63) is 204 Å². The summed E-state index contributed by atoms with van der Waals surface area (Å²) in [5.41, 5.74) is 19.9. The molecule has 2 aliphatic carbocycles. The van der Waals surface area contributed by atoms with E-state index in [1.54, 1.807) is 0 Å². The maximum absolute atomic E-state index is 3.90. The predicted molar refractivity (Wildman–Crippen MR) is 987 cm³/mol. The highest BCUT2D eigenvalue weighted by Crippen LogP contribution is 3.54. The van der Waals surface area contributed by atoms with Gasteiger partial charge in [0.1, 0.15) is 0 Å². The van der Waals surface area contributed by atoms with Gasteiger partial charge in [0.15, 0.2) is 0 Å². The Bertz CT molecular complexity index is 5130. The lowest BCUT2D eigenvalue weighted by molar-refractivity contribution is 0.660. The number of para-hydroxylation sites is 4. The zero-order valence-electron chi connectivity index (χ0n) is 78.5. The number of anilines is 3. The topological polar surface area (TPSA) is 8.17 Å². The summed E-state index contributed by atoms with van der Waals surface area (Å²) < 4.78 is 2.46. The Morgan fingerprint density at radius 1 is 0.164 bits per heavy atom. The van der Waals surface area contributed by atoms with Gasteiger partial charge >= 0.3 is 0 Å². The van der Waals surface area contributed by atoms with Gasteiger partial charge in [-0.3, -0.25) is 0 Å². The standard InChI is InChI=1S/C54H42N2.H92P90/c1-53(2)41-25-11-5-23-39(41)51-43(53)27-17-33-49(51)56(50-34-18-28-44-52(50)40-24-6-12-26-42(40)54(44,3)4)48-32-16-10-22-38(48)37-21-9-15-31-47(37)55-45-29-13-7-19-35(45)36-20-8-14-30-46(36)55;1-47(2)70(48(3)4)81(69(45)46)87(82(71(49(5)6)50(7)8)72(51(9)10)52(11)12)90(88(83(73(53(13)14)54(15)16)74(55(17)18)56(19)20)84(75(57(21)22)58(23)24)76(59(25)26)60(27)28)89(85(77(61(29)30)62(31)32)78(63(33)34)64(35)36)86(79(65(37)38)66(39)40)80(67(41)42)68(43)44/h5-34H,1-4H3;1-46H2. The SMILES string of the molecule is CC1(C)c2ccccc2-c2c(N(c3ccccc3-c3ccccc3-n3c4ccccc4c4ccccc43)c3cccc4c3-c3ccccc3C4(C)C)cccc21.PP(P)P(P(P)P)P(P(P)P)P(P(P(P(P)P)P(P)P)P(P(P)P)P(P)P)P(P(P(P(P(P)P)P(P)P)P(P(P)P)P(P)P)P(P(P(P)P)P(P)P)P(P(P)P)P(P)P)P(P(P(P(P)P)P(P)P)P(P(P)P)P(P)P)P(P(P(P)P)P(P)P)P(P(P)P)P(P)P. The van der Waals surface area contributed by atoms with Crippen LogP contribution in [-0.4, -0.2) is 4.57 Å². The fraction of sp³-hybridized carbons (Fsp3) is 0.111. The van der Waals surface area contributed by atoms with Crippen LogP contribution in [0.5, 0.6) is 0 Å². The predicted octanol–water partition coefficient (Wildman–Crippen LogP) is 67.4. The molecular weight excluding hydrogens is 3460 g/mol. The number of hydrogen-bond donors (Lipinski definition) is 0. The molecular formula is C54H134N2P90. The van der Waals surface area contributed by atoms with E-state index < -0.39 is 189 Å². The van der Waals surface area contributed by atoms with Crippen molar-refractivity contribution in [3.63, 3.8) is 0 Å². The van der Waals surface area contributed by atoms with E-state index in [2.05, 4.69) is 630 Å². The normalized spacial score (nSPS) is 15.0. The van der Waals surface area contributed by atoms with E-state index in [-0.39, 0.29) is 130 Å². The molecule has 2 nitrogen and oxygen atoms in total. The molecule has 0 amide bonds. The second kappa shape index (κ2) is 77.5. The van der Waals surface area contributed by atoms with E-state index in [0.717, 1.165) is 11.4 Å². The van der Waals surface area contributed by atoms with Gasteiger partial charge in [0, 0.05) is 43.9 Å². The van der Waals surface area contributed by atoms with Crippen molar-refractivity contribution < 1.29 is 0 Å². The van der Waals surface area contributed by atoms with Crippen LogP contribution >= 0.6 is 718 Å². The van der Waals surface area contributed by atoms with Crippen LogP contribution in [0.3, 0.4) is 0 Å². The number of aromatic nitrogens is 1. The first-order valence-electron chi connectivity index (χ1n) is 40.3. The van der Waals surface area contributed by atoms with Gasteiger partial charge in [-0.25, -0.2) is 0 Å². The van der Waals surface area contributed by atoms with Gasteiger partial charge in [-0.1, -0.05) is 173 Å². The lowest BCUT2D eigenvalue weighted by atomic mass is 9.82. The van der Waals surface area contributed by atoms with Crippen molar-refractivity contribution in [2.45, 2.75) is 38.5 Å². The summed E-state index contributed by atoms with van der Waals surface area (Å²) in [7, 11) is 172. The average Bonchev–Trinajstić information content (AvgIpc) is 1.18. The summed E-state index contributed by atoms with van der Waals surface area (Å²) in [5, 5.41) is 2.52. The fourth-order valence-corrected chi connectivity index (χ4v) is 1350. The van der Waals surface area contributed by atoms with Crippen LogP contribution in [0.2, 0.25) is 0 Å². The Labute approximate surface area is 1030 Å². The zero-order chi connectivity index (χ0) is 109. The summed E-state index contributed by atoms with van der Waals surface area (Å²) in [6.07, 6.45) is 0. The van der Waals surface area contributed by atoms with Crippen molar-refractivity contribution in [2.24, 2.45) is 0 Å². The third-order valence-corrected chi connectivity index (χ3v) is 657. The third kappa shape index (κ3) is 41.2. The quantitative estimate of drug-likeness (QED) is 0.0345. The molecule has 0 N–H and O–H groups in total. The lowest BCUT2D eigenvalue weighted by Gasteiger charge is -2.63. The van der Waals surface area contributed by atoms with Crippen LogP contribution in [0.1, 0.15) is 49.9 Å². The number of rotatable bonds is 48. The number of benzene rings is 8. The Morgan fingerprint density at radius 3 is 0.596 bits per heavy atom. The van der Waals surface area contributed by atoms with Crippen molar-refractivity contribution in [2.75, 3.05) is 4.90 Å². The van der Waals surface area contributed by atoms with E-state index in [0.29, 0.717) is 0 Å². The van der Waals surface area contributed by atoms with Crippen molar-refractivity contribution in [3.8, 4) is 39.1 Å². The molecule has 48 atom stereocenters. The molecule has 0 saturated carbocycles. The molecule has 1 heterocycles. The maximum atomic E-state index is 3.90.